The van der Waals surface area contributed by atoms with Gasteiger partial charge in [0.05, 0.1) is 0 Å². The molecule has 1 aromatic heterocycles. The van der Waals surface area contributed by atoms with Crippen molar-refractivity contribution in [2.45, 2.75) is 13.0 Å². The first-order valence-electron chi connectivity index (χ1n) is 7.87. The molecule has 4 N–H and O–H groups in total. The highest BCUT2D eigenvalue weighted by atomic mass is 16.5. The fraction of sp³-hybridized carbons (Fsp3) is 0.111. The van der Waals surface area contributed by atoms with Crippen LogP contribution in [0.4, 0.5) is 5.82 Å². The van der Waals surface area contributed by atoms with Gasteiger partial charge in [-0.05, 0) is 29.8 Å². The Bertz CT molecular complexity index is 960. The third kappa shape index (κ3) is 3.86. The second-order valence-electron chi connectivity index (χ2n) is 5.50. The number of fused-ring (bicyclic) bond motifs is 1. The zero-order valence-corrected chi connectivity index (χ0v) is 14.0. The summed E-state index contributed by atoms with van der Waals surface area (Å²) in [5.41, 5.74) is 10.0. The van der Waals surface area contributed by atoms with Crippen molar-refractivity contribution in [3.8, 4) is 5.75 Å². The van der Waals surface area contributed by atoms with Crippen molar-refractivity contribution in [3.05, 3.63) is 60.6 Å². The smallest absolute Gasteiger partial charge is 0.292 e. The number of aromatic nitrogens is 2. The molecule has 0 saturated carbocycles. The zero-order valence-electron chi connectivity index (χ0n) is 14.0. The maximum Gasteiger partial charge on any atom is 0.292 e. The molecule has 0 fully saturated rings. The van der Waals surface area contributed by atoms with Gasteiger partial charge in [-0.2, -0.15) is 0 Å². The topological polar surface area (TPSA) is 119 Å². The minimum atomic E-state index is -0.823. The molecule has 1 heterocycles. The highest BCUT2D eigenvalue weighted by Crippen LogP contribution is 2.21. The van der Waals surface area contributed by atoms with E-state index in [1.54, 1.807) is 13.0 Å². The van der Waals surface area contributed by atoms with E-state index in [2.05, 4.69) is 20.8 Å². The average molecular weight is 351 g/mol. The highest BCUT2D eigenvalue weighted by molar-refractivity contribution is 5.97. The minimum Gasteiger partial charge on any atom is -0.481 e. The standard InChI is InChI=1S/C18H17N5O3/c1-11(26-14-7-6-12-4-2-3-5-13(12)10-14)17(24)22-23-18(25)15-16(19)21-9-8-20-15/h2-11H,1H3,(H2,19,21)(H,22,24)(H,23,25). The van der Waals surface area contributed by atoms with Crippen LogP contribution >= 0.6 is 0 Å². The van der Waals surface area contributed by atoms with Gasteiger partial charge < -0.3 is 10.5 Å². The Morgan fingerprint density at radius 3 is 2.54 bits per heavy atom. The summed E-state index contributed by atoms with van der Waals surface area (Å²) in [5.74, 6) is -0.661. The van der Waals surface area contributed by atoms with E-state index in [1.807, 2.05) is 36.4 Å². The van der Waals surface area contributed by atoms with Crippen molar-refractivity contribution in [1.82, 2.24) is 20.8 Å². The summed E-state index contributed by atoms with van der Waals surface area (Å²) >= 11 is 0. The first-order valence-corrected chi connectivity index (χ1v) is 7.87. The van der Waals surface area contributed by atoms with E-state index >= 15 is 0 Å². The van der Waals surface area contributed by atoms with Crippen LogP contribution < -0.4 is 21.3 Å². The Labute approximate surface area is 149 Å². The monoisotopic (exact) mass is 351 g/mol. The lowest BCUT2D eigenvalue weighted by molar-refractivity contribution is -0.128. The number of nitrogens with two attached hydrogens (primary N) is 1. The number of hydrogen-bond acceptors (Lipinski definition) is 6. The summed E-state index contributed by atoms with van der Waals surface area (Å²) < 4.78 is 5.63. The van der Waals surface area contributed by atoms with Gasteiger partial charge in [-0.1, -0.05) is 30.3 Å². The van der Waals surface area contributed by atoms with E-state index in [1.165, 1.54) is 12.4 Å². The van der Waals surface area contributed by atoms with Crippen LogP contribution in [0.2, 0.25) is 0 Å². The molecule has 3 aromatic rings. The van der Waals surface area contributed by atoms with Crippen LogP contribution in [-0.2, 0) is 4.79 Å². The number of nitrogens with zero attached hydrogens (tertiary/aromatic N) is 2. The predicted molar refractivity (Wildman–Crippen MR) is 96.1 cm³/mol. The van der Waals surface area contributed by atoms with Gasteiger partial charge in [-0.3, -0.25) is 20.4 Å². The quantitative estimate of drug-likeness (QED) is 0.612. The molecule has 2 aromatic carbocycles. The van der Waals surface area contributed by atoms with Gasteiger partial charge in [0.25, 0.3) is 11.8 Å². The maximum absolute atomic E-state index is 12.1. The Balaban J connectivity index is 1.59. The van der Waals surface area contributed by atoms with E-state index < -0.39 is 17.9 Å². The number of nitrogens with one attached hydrogen (secondary N) is 2. The lowest BCUT2D eigenvalue weighted by Crippen LogP contribution is -2.47. The van der Waals surface area contributed by atoms with E-state index in [0.717, 1.165) is 10.8 Å². The lowest BCUT2D eigenvalue weighted by Gasteiger charge is -2.15. The molecule has 132 valence electrons. The van der Waals surface area contributed by atoms with Gasteiger partial charge >= 0.3 is 0 Å². The molecule has 0 spiro atoms. The Hall–Kier alpha value is -3.68. The molecular weight excluding hydrogens is 334 g/mol. The molecule has 8 heteroatoms. The van der Waals surface area contributed by atoms with Gasteiger partial charge in [0.1, 0.15) is 5.75 Å². The van der Waals surface area contributed by atoms with Gasteiger partial charge in [0.15, 0.2) is 17.6 Å². The highest BCUT2D eigenvalue weighted by Gasteiger charge is 2.17. The number of benzene rings is 2. The molecule has 0 radical (unpaired) electrons. The van der Waals surface area contributed by atoms with Crippen molar-refractivity contribution < 1.29 is 14.3 Å². The SMILES string of the molecule is CC(Oc1ccc2ccccc2c1)C(=O)NNC(=O)c1nccnc1N. The van der Waals surface area contributed by atoms with Gasteiger partial charge in [-0.15, -0.1) is 0 Å². The van der Waals surface area contributed by atoms with Crippen molar-refractivity contribution in [2.75, 3.05) is 5.73 Å². The fourth-order valence-electron chi connectivity index (χ4n) is 2.30. The maximum atomic E-state index is 12.1. The Morgan fingerprint density at radius 1 is 1.04 bits per heavy atom. The molecule has 0 aliphatic heterocycles. The normalized spacial score (nSPS) is 11.6. The fourth-order valence-corrected chi connectivity index (χ4v) is 2.30. The van der Waals surface area contributed by atoms with Crippen molar-refractivity contribution >= 4 is 28.4 Å². The van der Waals surface area contributed by atoms with Crippen LogP contribution in [0.3, 0.4) is 0 Å². The number of hydrogen-bond donors (Lipinski definition) is 3. The molecule has 1 unspecified atom stereocenters. The minimum absolute atomic E-state index is 0.0280. The summed E-state index contributed by atoms with van der Waals surface area (Å²) in [4.78, 5) is 31.6. The van der Waals surface area contributed by atoms with Crippen LogP contribution in [0, 0.1) is 0 Å². The molecule has 0 saturated heterocycles. The molecular formula is C18H17N5O3. The van der Waals surface area contributed by atoms with Gasteiger partial charge in [0, 0.05) is 12.4 Å². The number of hydrazine groups is 1. The predicted octanol–water partition coefficient (Wildman–Crippen LogP) is 1.44. The number of carbonyl (C=O) groups is 2. The van der Waals surface area contributed by atoms with E-state index in [0.29, 0.717) is 5.75 Å². The van der Waals surface area contributed by atoms with Crippen molar-refractivity contribution in [1.29, 1.82) is 0 Å². The molecule has 0 bridgehead atoms. The molecule has 2 amide bonds. The molecule has 8 nitrogen and oxygen atoms in total. The van der Waals surface area contributed by atoms with E-state index in [-0.39, 0.29) is 11.5 Å². The number of amides is 2. The number of anilines is 1. The number of carbonyl (C=O) groups excluding carboxylic acids is 2. The third-order valence-corrected chi connectivity index (χ3v) is 3.64. The van der Waals surface area contributed by atoms with E-state index in [4.69, 9.17) is 10.5 Å². The molecule has 1 atom stereocenters. The summed E-state index contributed by atoms with van der Waals surface area (Å²) in [7, 11) is 0. The lowest BCUT2D eigenvalue weighted by atomic mass is 10.1. The average Bonchev–Trinajstić information content (AvgIpc) is 2.66. The first kappa shape index (κ1) is 17.2. The largest absolute Gasteiger partial charge is 0.481 e. The Morgan fingerprint density at radius 2 is 1.77 bits per heavy atom. The summed E-state index contributed by atoms with van der Waals surface area (Å²) in [6, 6.07) is 13.4. The molecule has 0 aliphatic rings. The van der Waals surface area contributed by atoms with Crippen LogP contribution in [-0.4, -0.2) is 27.9 Å². The second-order valence-corrected chi connectivity index (χ2v) is 5.50. The van der Waals surface area contributed by atoms with Gasteiger partial charge in [0.2, 0.25) is 0 Å². The number of ether oxygens (including phenoxy) is 1. The zero-order chi connectivity index (χ0) is 18.5. The first-order chi connectivity index (χ1) is 12.5. The van der Waals surface area contributed by atoms with Crippen LogP contribution in [0.5, 0.6) is 5.75 Å². The third-order valence-electron chi connectivity index (χ3n) is 3.64. The van der Waals surface area contributed by atoms with Gasteiger partial charge in [-0.25, -0.2) is 9.97 Å². The van der Waals surface area contributed by atoms with Crippen LogP contribution in [0.15, 0.2) is 54.9 Å². The summed E-state index contributed by atoms with van der Waals surface area (Å²) in [5, 5.41) is 2.08. The number of rotatable bonds is 4. The van der Waals surface area contributed by atoms with Crippen molar-refractivity contribution in [3.63, 3.8) is 0 Å². The van der Waals surface area contributed by atoms with Crippen molar-refractivity contribution in [2.24, 2.45) is 0 Å². The van der Waals surface area contributed by atoms with E-state index in [9.17, 15) is 9.59 Å². The summed E-state index contributed by atoms with van der Waals surface area (Å²) in [6.45, 7) is 1.58. The second kappa shape index (κ2) is 7.47. The molecule has 0 aliphatic carbocycles. The molecule has 3 rings (SSSR count). The Kier molecular flexibility index (Phi) is 4.93. The van der Waals surface area contributed by atoms with Crippen LogP contribution in [0.1, 0.15) is 17.4 Å². The summed E-state index contributed by atoms with van der Waals surface area (Å²) in [6.07, 6.45) is 1.87. The van der Waals surface area contributed by atoms with Crippen LogP contribution in [0.25, 0.3) is 10.8 Å². The molecule has 26 heavy (non-hydrogen) atoms. The number of nitrogen functional groups attached to an aromatic ring is 1.